The first-order chi connectivity index (χ1) is 14.6. The Morgan fingerprint density at radius 3 is 2.13 bits per heavy atom. The molecule has 0 saturated heterocycles. The van der Waals surface area contributed by atoms with Gasteiger partial charge in [-0.25, -0.2) is 0 Å². The van der Waals surface area contributed by atoms with Crippen LogP contribution < -0.4 is 0 Å². The Balaban J connectivity index is 1.81. The van der Waals surface area contributed by atoms with Crippen molar-refractivity contribution in [1.29, 1.82) is 0 Å². The Hall–Kier alpha value is -2.87. The summed E-state index contributed by atoms with van der Waals surface area (Å²) in [6.07, 6.45) is 8.03. The number of phenolic OH excluding ortho intramolecular Hbond substituents is 1. The molecule has 3 aromatic rings. The number of hydrogen-bond acceptors (Lipinski definition) is 2. The SMILES string of the molecule is CC(C)(c1ccccc1)c1cc(-c2ccccc2)cc(C=NC2CCCCC2)c1O. The predicted octanol–water partition coefficient (Wildman–Crippen LogP) is 7.14. The molecule has 0 unspecified atom stereocenters. The molecule has 1 saturated carbocycles. The van der Waals surface area contributed by atoms with E-state index >= 15 is 0 Å². The van der Waals surface area contributed by atoms with E-state index in [2.05, 4.69) is 74.5 Å². The van der Waals surface area contributed by atoms with Gasteiger partial charge in [-0.1, -0.05) is 93.8 Å². The van der Waals surface area contributed by atoms with E-state index in [0.29, 0.717) is 11.8 Å². The van der Waals surface area contributed by atoms with Crippen LogP contribution >= 0.6 is 0 Å². The van der Waals surface area contributed by atoms with Crippen molar-refractivity contribution < 1.29 is 5.11 Å². The molecule has 4 rings (SSSR count). The first-order valence-electron chi connectivity index (χ1n) is 11.1. The Kier molecular flexibility index (Phi) is 6.03. The molecular weight excluding hydrogens is 366 g/mol. The summed E-state index contributed by atoms with van der Waals surface area (Å²) in [4.78, 5) is 4.86. The average Bonchev–Trinajstić information content (AvgIpc) is 2.80. The molecule has 1 N–H and O–H groups in total. The van der Waals surface area contributed by atoms with E-state index in [4.69, 9.17) is 4.99 Å². The molecule has 2 nitrogen and oxygen atoms in total. The molecule has 1 aliphatic carbocycles. The molecule has 0 aromatic heterocycles. The highest BCUT2D eigenvalue weighted by Crippen LogP contribution is 2.41. The third-order valence-corrected chi connectivity index (χ3v) is 6.41. The largest absolute Gasteiger partial charge is 0.507 e. The maximum Gasteiger partial charge on any atom is 0.128 e. The van der Waals surface area contributed by atoms with E-state index in [9.17, 15) is 5.11 Å². The summed E-state index contributed by atoms with van der Waals surface area (Å²) in [7, 11) is 0. The van der Waals surface area contributed by atoms with Crippen molar-refractivity contribution in [2.45, 2.75) is 57.4 Å². The molecule has 0 atom stereocenters. The minimum absolute atomic E-state index is 0.330. The number of phenols is 1. The van der Waals surface area contributed by atoms with Crippen LogP contribution in [-0.2, 0) is 5.41 Å². The monoisotopic (exact) mass is 397 g/mol. The summed E-state index contributed by atoms with van der Waals surface area (Å²) in [5.41, 5.74) is 4.85. The number of nitrogens with zero attached hydrogens (tertiary/aromatic N) is 1. The Morgan fingerprint density at radius 1 is 0.833 bits per heavy atom. The number of benzene rings is 3. The second-order valence-electron chi connectivity index (χ2n) is 8.89. The minimum Gasteiger partial charge on any atom is -0.507 e. The summed E-state index contributed by atoms with van der Waals surface area (Å²) in [5, 5.41) is 11.3. The number of aromatic hydroxyl groups is 1. The van der Waals surface area contributed by atoms with Crippen LogP contribution in [-0.4, -0.2) is 17.4 Å². The smallest absolute Gasteiger partial charge is 0.128 e. The van der Waals surface area contributed by atoms with Gasteiger partial charge < -0.3 is 5.11 Å². The maximum absolute atomic E-state index is 11.3. The molecule has 30 heavy (non-hydrogen) atoms. The van der Waals surface area contributed by atoms with Crippen molar-refractivity contribution in [2.75, 3.05) is 0 Å². The Labute approximate surface area is 180 Å². The van der Waals surface area contributed by atoms with Crippen LogP contribution in [0.5, 0.6) is 5.75 Å². The zero-order valence-corrected chi connectivity index (χ0v) is 18.0. The van der Waals surface area contributed by atoms with Gasteiger partial charge in [0, 0.05) is 28.8 Å². The van der Waals surface area contributed by atoms with Gasteiger partial charge in [0.2, 0.25) is 0 Å². The maximum atomic E-state index is 11.3. The first kappa shape index (κ1) is 20.4. The molecule has 1 aliphatic rings. The van der Waals surface area contributed by atoms with Crippen LogP contribution in [0.1, 0.15) is 62.6 Å². The molecule has 0 spiro atoms. The van der Waals surface area contributed by atoms with Gasteiger partial charge in [0.15, 0.2) is 0 Å². The van der Waals surface area contributed by atoms with Gasteiger partial charge in [-0.3, -0.25) is 4.99 Å². The first-order valence-corrected chi connectivity index (χ1v) is 11.1. The molecule has 0 radical (unpaired) electrons. The van der Waals surface area contributed by atoms with E-state index in [-0.39, 0.29) is 5.41 Å². The second kappa shape index (κ2) is 8.87. The minimum atomic E-state index is -0.330. The van der Waals surface area contributed by atoms with E-state index in [1.807, 2.05) is 18.3 Å². The van der Waals surface area contributed by atoms with Gasteiger partial charge in [-0.2, -0.15) is 0 Å². The van der Waals surface area contributed by atoms with Crippen molar-refractivity contribution in [3.8, 4) is 16.9 Å². The summed E-state index contributed by atoms with van der Waals surface area (Å²) in [6.45, 7) is 4.35. The van der Waals surface area contributed by atoms with Crippen molar-refractivity contribution in [3.05, 3.63) is 89.5 Å². The van der Waals surface area contributed by atoms with E-state index in [0.717, 1.165) is 35.1 Å². The molecule has 0 bridgehead atoms. The third-order valence-electron chi connectivity index (χ3n) is 6.41. The van der Waals surface area contributed by atoms with Crippen molar-refractivity contribution in [1.82, 2.24) is 0 Å². The van der Waals surface area contributed by atoms with Crippen LogP contribution in [0.25, 0.3) is 11.1 Å². The van der Waals surface area contributed by atoms with Crippen molar-refractivity contribution in [2.24, 2.45) is 4.99 Å². The molecular formula is C28H31NO. The summed E-state index contributed by atoms with van der Waals surface area (Å²) in [6, 6.07) is 25.4. The summed E-state index contributed by atoms with van der Waals surface area (Å²) in [5.74, 6) is 0.336. The zero-order valence-electron chi connectivity index (χ0n) is 18.0. The molecule has 2 heteroatoms. The molecule has 1 fully saturated rings. The highest BCUT2D eigenvalue weighted by atomic mass is 16.3. The van der Waals surface area contributed by atoms with Gasteiger partial charge in [-0.15, -0.1) is 0 Å². The quantitative estimate of drug-likeness (QED) is 0.456. The van der Waals surface area contributed by atoms with Crippen LogP contribution in [0.3, 0.4) is 0 Å². The molecule has 0 heterocycles. The van der Waals surface area contributed by atoms with Gasteiger partial charge in [-0.05, 0) is 41.7 Å². The number of hydrogen-bond donors (Lipinski definition) is 1. The summed E-state index contributed by atoms with van der Waals surface area (Å²) >= 11 is 0. The molecule has 154 valence electrons. The number of rotatable bonds is 5. The predicted molar refractivity (Wildman–Crippen MR) is 127 cm³/mol. The zero-order chi connectivity index (χ0) is 21.0. The molecule has 3 aromatic carbocycles. The van der Waals surface area contributed by atoms with E-state index in [1.54, 1.807) is 0 Å². The van der Waals surface area contributed by atoms with Crippen molar-refractivity contribution in [3.63, 3.8) is 0 Å². The number of aliphatic imine (C=N–C) groups is 1. The lowest BCUT2D eigenvalue weighted by atomic mass is 9.76. The lowest BCUT2D eigenvalue weighted by Crippen LogP contribution is -2.19. The van der Waals surface area contributed by atoms with Gasteiger partial charge >= 0.3 is 0 Å². The highest BCUT2D eigenvalue weighted by Gasteiger charge is 2.28. The second-order valence-corrected chi connectivity index (χ2v) is 8.89. The standard InChI is InChI=1S/C28H31NO/c1-28(2,24-14-8-4-9-15-24)26-19-22(21-12-6-3-7-13-21)18-23(27(26)30)20-29-25-16-10-5-11-17-25/h3-4,6-9,12-15,18-20,25,30H,5,10-11,16-17H2,1-2H3. The summed E-state index contributed by atoms with van der Waals surface area (Å²) < 4.78 is 0. The normalized spacial score (nSPS) is 15.5. The van der Waals surface area contributed by atoms with Gasteiger partial charge in [0.1, 0.15) is 5.75 Å². The average molecular weight is 398 g/mol. The fourth-order valence-corrected chi connectivity index (χ4v) is 4.46. The van der Waals surface area contributed by atoms with Crippen LogP contribution in [0, 0.1) is 0 Å². The lowest BCUT2D eigenvalue weighted by molar-refractivity contribution is 0.443. The third kappa shape index (κ3) is 4.33. The Morgan fingerprint density at radius 2 is 1.47 bits per heavy atom. The fourth-order valence-electron chi connectivity index (χ4n) is 4.46. The van der Waals surface area contributed by atoms with Gasteiger partial charge in [0.05, 0.1) is 0 Å². The van der Waals surface area contributed by atoms with Crippen LogP contribution in [0.4, 0.5) is 0 Å². The Bertz CT molecular complexity index is 1000. The highest BCUT2D eigenvalue weighted by molar-refractivity contribution is 5.88. The molecule has 0 aliphatic heterocycles. The van der Waals surface area contributed by atoms with Crippen LogP contribution in [0.2, 0.25) is 0 Å². The topological polar surface area (TPSA) is 32.6 Å². The van der Waals surface area contributed by atoms with E-state index in [1.165, 1.54) is 24.8 Å². The van der Waals surface area contributed by atoms with E-state index < -0.39 is 0 Å². The van der Waals surface area contributed by atoms with Gasteiger partial charge in [0.25, 0.3) is 0 Å². The fraction of sp³-hybridized carbons (Fsp3) is 0.321. The molecule has 0 amide bonds. The van der Waals surface area contributed by atoms with Crippen LogP contribution in [0.15, 0.2) is 77.8 Å². The lowest BCUT2D eigenvalue weighted by Gasteiger charge is -2.28. The van der Waals surface area contributed by atoms with Crippen molar-refractivity contribution >= 4 is 6.21 Å².